The quantitative estimate of drug-likeness (QED) is 0.367. The predicted octanol–water partition coefficient (Wildman–Crippen LogP) is 4.41. The number of rotatable bonds is 7. The Labute approximate surface area is 201 Å². The first-order chi connectivity index (χ1) is 17.2. The Bertz CT molecular complexity index is 1510. The van der Waals surface area contributed by atoms with Gasteiger partial charge in [-0.05, 0) is 47.9 Å². The van der Waals surface area contributed by atoms with Crippen LogP contribution in [0.2, 0.25) is 0 Å². The van der Waals surface area contributed by atoms with Crippen molar-refractivity contribution >= 4 is 16.8 Å². The molecule has 174 valence electrons. The fraction of sp³-hybridized carbons (Fsp3) is 0.185. The summed E-state index contributed by atoms with van der Waals surface area (Å²) in [5, 5.41) is 12.4. The molecule has 0 radical (unpaired) electrons. The third-order valence-corrected chi connectivity index (χ3v) is 6.12. The minimum atomic E-state index is 0.0120. The highest BCUT2D eigenvalue weighted by Gasteiger charge is 2.20. The third kappa shape index (κ3) is 4.43. The van der Waals surface area contributed by atoms with E-state index < -0.39 is 0 Å². The molecule has 0 aliphatic carbocycles. The van der Waals surface area contributed by atoms with Gasteiger partial charge in [0.25, 0.3) is 0 Å². The molecule has 0 amide bonds. The Kier molecular flexibility index (Phi) is 5.56. The summed E-state index contributed by atoms with van der Waals surface area (Å²) in [6, 6.07) is 17.6. The summed E-state index contributed by atoms with van der Waals surface area (Å²) < 4.78 is 12.2. The molecule has 0 saturated heterocycles. The first-order valence-electron chi connectivity index (χ1n) is 11.6. The third-order valence-electron chi connectivity index (χ3n) is 6.12. The second-order valence-electron chi connectivity index (χ2n) is 8.57. The van der Waals surface area contributed by atoms with Gasteiger partial charge in [-0.15, -0.1) is 10.2 Å². The molecule has 0 bridgehead atoms. The second-order valence-corrected chi connectivity index (χ2v) is 8.57. The van der Waals surface area contributed by atoms with Crippen LogP contribution in [0.25, 0.3) is 22.5 Å². The van der Waals surface area contributed by atoms with E-state index >= 15 is 0 Å². The fourth-order valence-electron chi connectivity index (χ4n) is 4.42. The van der Waals surface area contributed by atoms with Gasteiger partial charge in [-0.1, -0.05) is 36.4 Å². The highest BCUT2D eigenvalue weighted by atomic mass is 16.5. The topological polar surface area (TPSA) is 106 Å². The number of carbonyl (C=O) groups is 1. The number of aromatic amines is 1. The number of hydrogen-bond donors (Lipinski definition) is 2. The van der Waals surface area contributed by atoms with Crippen molar-refractivity contribution in [2.45, 2.75) is 25.8 Å². The van der Waals surface area contributed by atoms with E-state index in [4.69, 9.17) is 9.15 Å². The molecule has 5 aromatic rings. The van der Waals surface area contributed by atoms with Crippen molar-refractivity contribution in [2.75, 3.05) is 6.54 Å². The minimum Gasteiger partial charge on any atom is -0.457 e. The number of ketones is 1. The number of hydrogen-bond acceptors (Lipinski definition) is 7. The first-order valence-corrected chi connectivity index (χ1v) is 11.6. The smallest absolute Gasteiger partial charge is 0.250 e. The van der Waals surface area contributed by atoms with Gasteiger partial charge in [-0.2, -0.15) is 0 Å². The van der Waals surface area contributed by atoms with Crippen molar-refractivity contribution in [3.8, 4) is 23.0 Å². The normalized spacial score (nSPS) is 13.0. The largest absolute Gasteiger partial charge is 0.457 e. The summed E-state index contributed by atoms with van der Waals surface area (Å²) in [5.74, 6) is 1.99. The lowest BCUT2D eigenvalue weighted by Gasteiger charge is -2.18. The van der Waals surface area contributed by atoms with Crippen LogP contribution in [0.4, 0.5) is 0 Å². The number of nitrogens with zero attached hydrogens (tertiary/aromatic N) is 3. The van der Waals surface area contributed by atoms with Crippen molar-refractivity contribution < 1.29 is 13.9 Å². The van der Waals surface area contributed by atoms with Gasteiger partial charge in [0.05, 0.1) is 17.4 Å². The molecule has 35 heavy (non-hydrogen) atoms. The van der Waals surface area contributed by atoms with Crippen LogP contribution in [0.1, 0.15) is 22.6 Å². The van der Waals surface area contributed by atoms with Crippen LogP contribution in [0.15, 0.2) is 71.4 Å². The summed E-state index contributed by atoms with van der Waals surface area (Å²) in [6.45, 7) is 1.83. The first kappa shape index (κ1) is 21.2. The van der Waals surface area contributed by atoms with Crippen LogP contribution in [-0.4, -0.2) is 32.5 Å². The van der Waals surface area contributed by atoms with Crippen molar-refractivity contribution in [1.82, 2.24) is 25.5 Å². The van der Waals surface area contributed by atoms with E-state index in [9.17, 15) is 4.79 Å². The van der Waals surface area contributed by atoms with Crippen LogP contribution in [0.3, 0.4) is 0 Å². The van der Waals surface area contributed by atoms with E-state index in [1.165, 1.54) is 11.1 Å². The number of ether oxygens (including phenoxy) is 1. The van der Waals surface area contributed by atoms with Crippen molar-refractivity contribution in [3.05, 3.63) is 89.6 Å². The molecule has 2 N–H and O–H groups in total. The Morgan fingerprint density at radius 1 is 1.03 bits per heavy atom. The monoisotopic (exact) mass is 465 g/mol. The van der Waals surface area contributed by atoms with Gasteiger partial charge < -0.3 is 19.5 Å². The maximum Gasteiger partial charge on any atom is 0.250 e. The standard InChI is InChI=1S/C27H23N5O3/c33-20(12-17-4-2-1-3-5-17)14-24-31-32-27(35-24)22-16-30-26-25(22)23(9-11-29-26)34-21-7-6-18-8-10-28-15-19(18)13-21/h1-7,9,11,13,16,28H,8,10,12,14-15H2,(H,29,30). The molecule has 0 saturated carbocycles. The summed E-state index contributed by atoms with van der Waals surface area (Å²) in [5.41, 5.74) is 4.88. The molecule has 0 atom stereocenters. The molecule has 8 nitrogen and oxygen atoms in total. The summed E-state index contributed by atoms with van der Waals surface area (Å²) >= 11 is 0. The number of benzene rings is 2. The van der Waals surface area contributed by atoms with E-state index in [2.05, 4.69) is 37.6 Å². The Balaban J connectivity index is 1.26. The lowest BCUT2D eigenvalue weighted by atomic mass is 10.0. The Morgan fingerprint density at radius 3 is 2.86 bits per heavy atom. The zero-order valence-electron chi connectivity index (χ0n) is 19.0. The Morgan fingerprint density at radius 2 is 1.94 bits per heavy atom. The lowest BCUT2D eigenvalue weighted by molar-refractivity contribution is -0.118. The molecule has 2 aromatic carbocycles. The SMILES string of the molecule is O=C(Cc1ccccc1)Cc1nnc(-c2c[nH]c3nccc(Oc4ccc5c(c4)CNCC5)c23)o1. The van der Waals surface area contributed by atoms with Gasteiger partial charge in [0.2, 0.25) is 11.8 Å². The predicted molar refractivity (Wildman–Crippen MR) is 130 cm³/mol. The average Bonchev–Trinajstić information content (AvgIpc) is 3.52. The zero-order valence-corrected chi connectivity index (χ0v) is 19.0. The van der Waals surface area contributed by atoms with Gasteiger partial charge in [-0.25, -0.2) is 4.98 Å². The number of carbonyl (C=O) groups excluding carboxylic acids is 1. The summed E-state index contributed by atoms with van der Waals surface area (Å²) in [7, 11) is 0. The molecular weight excluding hydrogens is 442 g/mol. The maximum absolute atomic E-state index is 12.5. The summed E-state index contributed by atoms with van der Waals surface area (Å²) in [6.07, 6.45) is 4.88. The van der Waals surface area contributed by atoms with Gasteiger partial charge in [-0.3, -0.25) is 4.79 Å². The summed E-state index contributed by atoms with van der Waals surface area (Å²) in [4.78, 5) is 20.0. The van der Waals surface area contributed by atoms with Gasteiger partial charge >= 0.3 is 0 Å². The molecule has 8 heteroatoms. The van der Waals surface area contributed by atoms with Gasteiger partial charge in [0.1, 0.15) is 22.9 Å². The van der Waals surface area contributed by atoms with E-state index in [-0.39, 0.29) is 18.1 Å². The molecular formula is C27H23N5O3. The number of Topliss-reactive ketones (excluding diaryl/α,β-unsaturated/α-hetero) is 1. The molecule has 4 heterocycles. The highest BCUT2D eigenvalue weighted by molar-refractivity contribution is 5.96. The number of nitrogens with one attached hydrogen (secondary N) is 2. The van der Waals surface area contributed by atoms with Crippen molar-refractivity contribution in [3.63, 3.8) is 0 Å². The van der Waals surface area contributed by atoms with E-state index in [0.717, 1.165) is 36.2 Å². The molecule has 1 aliphatic rings. The minimum absolute atomic E-state index is 0.0120. The number of fused-ring (bicyclic) bond motifs is 2. The molecule has 0 fully saturated rings. The molecule has 0 spiro atoms. The van der Waals surface area contributed by atoms with Crippen LogP contribution in [-0.2, 0) is 30.6 Å². The number of pyridine rings is 1. The molecule has 0 unspecified atom stereocenters. The van der Waals surface area contributed by atoms with Crippen LogP contribution in [0.5, 0.6) is 11.5 Å². The maximum atomic E-state index is 12.5. The second kappa shape index (κ2) is 9.15. The van der Waals surface area contributed by atoms with E-state index in [1.807, 2.05) is 42.5 Å². The number of aromatic nitrogens is 4. The number of H-pyrrole nitrogens is 1. The van der Waals surface area contributed by atoms with Crippen molar-refractivity contribution in [1.29, 1.82) is 0 Å². The zero-order chi connectivity index (χ0) is 23.6. The van der Waals surface area contributed by atoms with Crippen LogP contribution >= 0.6 is 0 Å². The van der Waals surface area contributed by atoms with Crippen LogP contribution < -0.4 is 10.1 Å². The fourth-order valence-corrected chi connectivity index (χ4v) is 4.42. The highest BCUT2D eigenvalue weighted by Crippen LogP contribution is 2.36. The molecule has 6 rings (SSSR count). The molecule has 3 aromatic heterocycles. The van der Waals surface area contributed by atoms with E-state index in [1.54, 1.807) is 12.4 Å². The van der Waals surface area contributed by atoms with Gasteiger partial charge in [0, 0.05) is 25.4 Å². The lowest BCUT2D eigenvalue weighted by Crippen LogP contribution is -2.23. The van der Waals surface area contributed by atoms with E-state index in [0.29, 0.717) is 29.3 Å². The van der Waals surface area contributed by atoms with Crippen molar-refractivity contribution in [2.24, 2.45) is 0 Å². The average molecular weight is 466 g/mol. The van der Waals surface area contributed by atoms with Gasteiger partial charge in [0.15, 0.2) is 0 Å². The Hall–Kier alpha value is -4.30. The molecule has 1 aliphatic heterocycles. The van der Waals surface area contributed by atoms with Crippen LogP contribution in [0, 0.1) is 0 Å².